The molecule has 8 heteroatoms. The molecule has 0 amide bonds. The van der Waals surface area contributed by atoms with Crippen molar-refractivity contribution in [3.05, 3.63) is 63.1 Å². The number of nitrogens with zero attached hydrogens (tertiary/aromatic N) is 4. The Morgan fingerprint density at radius 2 is 1.81 bits per heavy atom. The van der Waals surface area contributed by atoms with Gasteiger partial charge in [-0.25, -0.2) is 9.78 Å². The van der Waals surface area contributed by atoms with Gasteiger partial charge in [-0.1, -0.05) is 30.3 Å². The van der Waals surface area contributed by atoms with E-state index >= 15 is 0 Å². The Kier molecular flexibility index (Phi) is 5.29. The molecule has 8 nitrogen and oxygen atoms in total. The zero-order valence-corrected chi connectivity index (χ0v) is 16.1. The molecule has 144 valence electrons. The topological polar surface area (TPSA) is 86.5 Å². The lowest BCUT2D eigenvalue weighted by Gasteiger charge is -2.26. The summed E-state index contributed by atoms with van der Waals surface area (Å²) >= 11 is 0. The average molecular weight is 372 g/mol. The number of aromatic nitrogens is 4. The van der Waals surface area contributed by atoms with Crippen molar-refractivity contribution in [1.29, 1.82) is 0 Å². The first-order valence-electron chi connectivity index (χ1n) is 8.99. The van der Waals surface area contributed by atoms with Crippen molar-refractivity contribution >= 4 is 11.2 Å². The summed E-state index contributed by atoms with van der Waals surface area (Å²) in [6, 6.07) is 9.57. The van der Waals surface area contributed by atoms with Gasteiger partial charge in [0.05, 0.1) is 26.5 Å². The lowest BCUT2D eigenvalue weighted by Crippen LogP contribution is -3.13. The van der Waals surface area contributed by atoms with Crippen molar-refractivity contribution in [3.8, 4) is 0 Å². The van der Waals surface area contributed by atoms with E-state index in [1.165, 1.54) is 11.6 Å². The monoisotopic (exact) mass is 372 g/mol. The second-order valence-electron chi connectivity index (χ2n) is 7.06. The summed E-state index contributed by atoms with van der Waals surface area (Å²) in [7, 11) is 5.10. The fourth-order valence-corrected chi connectivity index (χ4v) is 3.30. The van der Waals surface area contributed by atoms with Crippen molar-refractivity contribution in [2.24, 2.45) is 14.1 Å². The predicted molar refractivity (Wildman–Crippen MR) is 103 cm³/mol. The third kappa shape index (κ3) is 3.45. The number of fused-ring (bicyclic) bond motifs is 1. The molecule has 0 radical (unpaired) electrons. The van der Waals surface area contributed by atoms with Crippen molar-refractivity contribution < 1.29 is 10.0 Å². The molecule has 1 unspecified atom stereocenters. The molecule has 3 aromatic rings. The Morgan fingerprint density at radius 1 is 1.15 bits per heavy atom. The minimum atomic E-state index is -0.570. The van der Waals surface area contributed by atoms with Crippen LogP contribution in [0.2, 0.25) is 0 Å². The standard InChI is InChI=1S/C19H25N5O3/c1-13(16(25)14-8-6-5-7-9-14)21(2)10-11-24-12-20-17-15(24)18(26)23(4)19(27)22(17)3/h5-9,12-13,16,25H,10-11H2,1-4H3/p+1/t13-,16-/m1/s1. The fraction of sp³-hybridized carbons (Fsp3) is 0.421. The van der Waals surface area contributed by atoms with Gasteiger partial charge in [0.1, 0.15) is 12.1 Å². The second-order valence-corrected chi connectivity index (χ2v) is 7.06. The fourth-order valence-electron chi connectivity index (χ4n) is 3.30. The number of hydrogen-bond donors (Lipinski definition) is 2. The van der Waals surface area contributed by atoms with Crippen LogP contribution in [0.25, 0.3) is 11.2 Å². The highest BCUT2D eigenvalue weighted by Gasteiger charge is 2.24. The number of nitrogens with one attached hydrogen (secondary N) is 1. The Balaban J connectivity index is 1.79. The Hall–Kier alpha value is -2.71. The van der Waals surface area contributed by atoms with Crippen molar-refractivity contribution in [3.63, 3.8) is 0 Å². The van der Waals surface area contributed by atoms with Crippen LogP contribution in [-0.4, -0.2) is 43.4 Å². The molecule has 0 fully saturated rings. The lowest BCUT2D eigenvalue weighted by atomic mass is 10.0. The summed E-state index contributed by atoms with van der Waals surface area (Å²) in [5.74, 6) is 0. The zero-order valence-electron chi connectivity index (χ0n) is 16.1. The third-order valence-corrected chi connectivity index (χ3v) is 5.36. The van der Waals surface area contributed by atoms with Crippen LogP contribution in [0.1, 0.15) is 18.6 Å². The van der Waals surface area contributed by atoms with E-state index < -0.39 is 6.10 Å². The van der Waals surface area contributed by atoms with E-state index in [-0.39, 0.29) is 17.3 Å². The smallest absolute Gasteiger partial charge is 0.332 e. The van der Waals surface area contributed by atoms with Crippen LogP contribution in [0.15, 0.2) is 46.2 Å². The van der Waals surface area contributed by atoms with Gasteiger partial charge in [0.25, 0.3) is 5.56 Å². The summed E-state index contributed by atoms with van der Waals surface area (Å²) in [6.45, 7) is 3.26. The van der Waals surface area contributed by atoms with Gasteiger partial charge in [0, 0.05) is 14.1 Å². The van der Waals surface area contributed by atoms with E-state index in [1.807, 2.05) is 44.3 Å². The number of aliphatic hydroxyl groups excluding tert-OH is 1. The van der Waals surface area contributed by atoms with Crippen LogP contribution in [-0.2, 0) is 20.6 Å². The van der Waals surface area contributed by atoms with Gasteiger partial charge >= 0.3 is 5.69 Å². The van der Waals surface area contributed by atoms with Crippen molar-refractivity contribution in [1.82, 2.24) is 18.7 Å². The van der Waals surface area contributed by atoms with Gasteiger partial charge in [-0.3, -0.25) is 13.9 Å². The van der Waals surface area contributed by atoms with Gasteiger partial charge in [-0.15, -0.1) is 0 Å². The summed E-state index contributed by atoms with van der Waals surface area (Å²) in [5, 5.41) is 10.6. The molecule has 0 aliphatic rings. The minimum Gasteiger partial charge on any atom is -0.382 e. The number of likely N-dealkylation sites (N-methyl/N-ethyl adjacent to an activating group) is 1. The Bertz CT molecular complexity index is 1050. The number of aliphatic hydroxyl groups is 1. The number of imidazole rings is 1. The van der Waals surface area contributed by atoms with E-state index in [9.17, 15) is 14.7 Å². The van der Waals surface area contributed by atoms with Crippen molar-refractivity contribution in [2.75, 3.05) is 13.6 Å². The number of hydrogen-bond acceptors (Lipinski definition) is 4. The summed E-state index contributed by atoms with van der Waals surface area (Å²) in [4.78, 5) is 29.9. The summed E-state index contributed by atoms with van der Waals surface area (Å²) in [6.07, 6.45) is 1.02. The molecule has 2 aromatic heterocycles. The number of benzene rings is 1. The highest BCUT2D eigenvalue weighted by molar-refractivity contribution is 5.69. The molecule has 2 N–H and O–H groups in total. The zero-order chi connectivity index (χ0) is 19.7. The molecule has 0 saturated heterocycles. The van der Waals surface area contributed by atoms with Crippen molar-refractivity contribution in [2.45, 2.75) is 25.6 Å². The molecule has 0 aliphatic heterocycles. The predicted octanol–water partition coefficient (Wildman–Crippen LogP) is -0.929. The van der Waals surface area contributed by atoms with E-state index in [0.717, 1.165) is 15.0 Å². The van der Waals surface area contributed by atoms with Crippen LogP contribution >= 0.6 is 0 Å². The molecule has 0 spiro atoms. The third-order valence-electron chi connectivity index (χ3n) is 5.36. The maximum atomic E-state index is 12.5. The molecular weight excluding hydrogens is 346 g/mol. The van der Waals surface area contributed by atoms with E-state index in [0.29, 0.717) is 24.3 Å². The second kappa shape index (κ2) is 7.50. The molecule has 0 saturated carbocycles. The average Bonchev–Trinajstić information content (AvgIpc) is 3.12. The van der Waals surface area contributed by atoms with Crippen LogP contribution in [0.4, 0.5) is 0 Å². The van der Waals surface area contributed by atoms with E-state index in [1.54, 1.807) is 17.9 Å². The van der Waals surface area contributed by atoms with Crippen LogP contribution in [0.5, 0.6) is 0 Å². The molecule has 3 atom stereocenters. The minimum absolute atomic E-state index is 0.0191. The van der Waals surface area contributed by atoms with Crippen LogP contribution in [0.3, 0.4) is 0 Å². The van der Waals surface area contributed by atoms with Crippen LogP contribution in [0, 0.1) is 0 Å². The molecule has 0 bridgehead atoms. The Labute approximate surface area is 156 Å². The molecule has 0 aliphatic carbocycles. The normalized spacial score (nSPS) is 15.0. The largest absolute Gasteiger partial charge is 0.382 e. The van der Waals surface area contributed by atoms with E-state index in [2.05, 4.69) is 4.98 Å². The maximum Gasteiger partial charge on any atom is 0.332 e. The molecule has 2 heterocycles. The number of quaternary nitrogens is 1. The highest BCUT2D eigenvalue weighted by Crippen LogP contribution is 2.14. The Morgan fingerprint density at radius 3 is 2.48 bits per heavy atom. The number of aryl methyl sites for hydroxylation is 1. The lowest BCUT2D eigenvalue weighted by molar-refractivity contribution is -0.909. The first-order valence-corrected chi connectivity index (χ1v) is 8.99. The van der Waals surface area contributed by atoms with Gasteiger partial charge in [0.2, 0.25) is 0 Å². The van der Waals surface area contributed by atoms with Crippen LogP contribution < -0.4 is 16.1 Å². The van der Waals surface area contributed by atoms with E-state index in [4.69, 9.17) is 0 Å². The highest BCUT2D eigenvalue weighted by atomic mass is 16.3. The summed E-state index contributed by atoms with van der Waals surface area (Å²) in [5.41, 5.74) is 0.962. The van der Waals surface area contributed by atoms with Gasteiger partial charge in [0.15, 0.2) is 11.2 Å². The SMILES string of the molecule is C[C@H]([C@@H](O)c1ccccc1)[NH+](C)CCn1cnc2c1c(=O)n(C)c(=O)n2C. The van der Waals surface area contributed by atoms with Gasteiger partial charge in [-0.2, -0.15) is 0 Å². The van der Waals surface area contributed by atoms with Gasteiger partial charge in [-0.05, 0) is 12.5 Å². The number of rotatable bonds is 6. The molecule has 1 aromatic carbocycles. The first kappa shape index (κ1) is 19.1. The summed E-state index contributed by atoms with van der Waals surface area (Å²) < 4.78 is 4.26. The molecule has 3 rings (SSSR count). The first-order chi connectivity index (χ1) is 12.8. The quantitative estimate of drug-likeness (QED) is 0.585. The maximum absolute atomic E-state index is 12.5. The molecule has 27 heavy (non-hydrogen) atoms. The van der Waals surface area contributed by atoms with Gasteiger partial charge < -0.3 is 14.6 Å². The molecular formula is C19H26N5O3+.